The van der Waals surface area contributed by atoms with Gasteiger partial charge in [0.05, 0.1) is 16.3 Å². The Labute approximate surface area is 165 Å². The van der Waals surface area contributed by atoms with Gasteiger partial charge in [-0.25, -0.2) is 4.68 Å². The molecule has 0 saturated carbocycles. The molecule has 0 unspecified atom stereocenters. The summed E-state index contributed by atoms with van der Waals surface area (Å²) in [5, 5.41) is 8.91. The first-order chi connectivity index (χ1) is 13.1. The SMILES string of the molecule is CCN1C(=O)C(=Nn2c(-c3cccs3)csc2=NC(C)C)c2ccccc21. The summed E-state index contributed by atoms with van der Waals surface area (Å²) in [6, 6.07) is 12.0. The normalized spacial score (nSPS) is 16.0. The Bertz CT molecular complexity index is 1070. The molecule has 0 radical (unpaired) electrons. The lowest BCUT2D eigenvalue weighted by Crippen LogP contribution is -2.30. The maximum Gasteiger partial charge on any atom is 0.279 e. The number of thiophene rings is 1. The molecule has 3 aromatic rings. The van der Waals surface area contributed by atoms with Gasteiger partial charge in [0, 0.05) is 23.5 Å². The summed E-state index contributed by atoms with van der Waals surface area (Å²) in [6.45, 7) is 6.67. The van der Waals surface area contributed by atoms with Crippen LogP contribution in [0, 0.1) is 0 Å². The van der Waals surface area contributed by atoms with Crippen molar-refractivity contribution < 1.29 is 4.79 Å². The summed E-state index contributed by atoms with van der Waals surface area (Å²) in [5.74, 6) is -0.0648. The summed E-state index contributed by atoms with van der Waals surface area (Å²) in [7, 11) is 0. The van der Waals surface area contributed by atoms with Crippen molar-refractivity contribution in [3.8, 4) is 10.6 Å². The molecule has 138 valence electrons. The molecule has 27 heavy (non-hydrogen) atoms. The second kappa shape index (κ2) is 7.25. The van der Waals surface area contributed by atoms with E-state index in [1.165, 1.54) is 0 Å². The first kappa shape index (κ1) is 17.9. The third-order valence-electron chi connectivity index (χ3n) is 4.24. The van der Waals surface area contributed by atoms with Gasteiger partial charge < -0.3 is 4.90 Å². The maximum absolute atomic E-state index is 13.0. The minimum atomic E-state index is -0.0648. The third-order valence-corrected chi connectivity index (χ3v) is 5.96. The van der Waals surface area contributed by atoms with Crippen LogP contribution in [0.3, 0.4) is 0 Å². The van der Waals surface area contributed by atoms with E-state index in [9.17, 15) is 4.79 Å². The number of amides is 1. The van der Waals surface area contributed by atoms with Gasteiger partial charge in [0.1, 0.15) is 0 Å². The minimum absolute atomic E-state index is 0.0648. The summed E-state index contributed by atoms with van der Waals surface area (Å²) in [4.78, 5) is 21.4. The molecule has 1 aliphatic rings. The van der Waals surface area contributed by atoms with Crippen LogP contribution >= 0.6 is 22.7 Å². The van der Waals surface area contributed by atoms with Crippen LogP contribution in [-0.2, 0) is 4.79 Å². The zero-order valence-corrected chi connectivity index (χ0v) is 17.0. The smallest absolute Gasteiger partial charge is 0.279 e. The molecule has 0 saturated heterocycles. The summed E-state index contributed by atoms with van der Waals surface area (Å²) in [6.07, 6.45) is 0. The predicted molar refractivity (Wildman–Crippen MR) is 113 cm³/mol. The fourth-order valence-electron chi connectivity index (χ4n) is 3.07. The number of likely N-dealkylation sites (N-methyl/N-ethyl adjacent to an activating group) is 1. The summed E-state index contributed by atoms with van der Waals surface area (Å²) >= 11 is 3.20. The van der Waals surface area contributed by atoms with Gasteiger partial charge in [-0.15, -0.1) is 22.7 Å². The van der Waals surface area contributed by atoms with Crippen molar-refractivity contribution in [2.24, 2.45) is 10.1 Å². The molecule has 0 fully saturated rings. The maximum atomic E-state index is 13.0. The predicted octanol–water partition coefficient (Wildman–Crippen LogP) is 4.21. The van der Waals surface area contributed by atoms with Gasteiger partial charge in [0.15, 0.2) is 5.71 Å². The van der Waals surface area contributed by atoms with E-state index in [2.05, 4.69) is 11.4 Å². The molecule has 1 amide bonds. The lowest BCUT2D eigenvalue weighted by molar-refractivity contribution is -0.112. The number of aromatic nitrogens is 1. The first-order valence-electron chi connectivity index (χ1n) is 8.88. The van der Waals surface area contributed by atoms with Crippen molar-refractivity contribution in [1.29, 1.82) is 0 Å². The second-order valence-electron chi connectivity index (χ2n) is 6.43. The molecule has 4 rings (SSSR count). The van der Waals surface area contributed by atoms with E-state index in [-0.39, 0.29) is 11.9 Å². The van der Waals surface area contributed by atoms with Gasteiger partial charge in [-0.05, 0) is 38.3 Å². The number of hydrogen-bond acceptors (Lipinski definition) is 5. The Kier molecular flexibility index (Phi) is 4.80. The van der Waals surface area contributed by atoms with E-state index in [0.717, 1.165) is 26.6 Å². The van der Waals surface area contributed by atoms with Crippen molar-refractivity contribution in [3.05, 3.63) is 57.5 Å². The number of rotatable bonds is 4. The molecule has 3 heterocycles. The first-order valence-corrected chi connectivity index (χ1v) is 10.6. The minimum Gasteiger partial charge on any atom is -0.307 e. The van der Waals surface area contributed by atoms with Crippen LogP contribution in [0.4, 0.5) is 5.69 Å². The molecule has 0 N–H and O–H groups in total. The van der Waals surface area contributed by atoms with Crippen LogP contribution in [0.1, 0.15) is 26.3 Å². The fraction of sp³-hybridized carbons (Fsp3) is 0.250. The van der Waals surface area contributed by atoms with E-state index in [1.54, 1.807) is 27.6 Å². The average molecular weight is 397 g/mol. The lowest BCUT2D eigenvalue weighted by atomic mass is 10.1. The number of carbonyl (C=O) groups is 1. The van der Waals surface area contributed by atoms with E-state index in [1.807, 2.05) is 61.2 Å². The van der Waals surface area contributed by atoms with Gasteiger partial charge in [-0.2, -0.15) is 5.10 Å². The molecule has 0 atom stereocenters. The number of fused-ring (bicyclic) bond motifs is 1. The molecule has 0 bridgehead atoms. The number of thiazole rings is 1. The van der Waals surface area contributed by atoms with Gasteiger partial charge >= 0.3 is 0 Å². The molecular weight excluding hydrogens is 376 g/mol. The van der Waals surface area contributed by atoms with Crippen LogP contribution in [-0.4, -0.2) is 28.9 Å². The van der Waals surface area contributed by atoms with Crippen molar-refractivity contribution in [2.75, 3.05) is 11.4 Å². The van der Waals surface area contributed by atoms with E-state index < -0.39 is 0 Å². The van der Waals surface area contributed by atoms with Crippen molar-refractivity contribution in [2.45, 2.75) is 26.8 Å². The van der Waals surface area contributed by atoms with E-state index in [4.69, 9.17) is 10.1 Å². The van der Waals surface area contributed by atoms with Gasteiger partial charge in [0.2, 0.25) is 4.80 Å². The number of nitrogens with zero attached hydrogens (tertiary/aromatic N) is 4. The van der Waals surface area contributed by atoms with E-state index >= 15 is 0 Å². The highest BCUT2D eigenvalue weighted by Gasteiger charge is 2.33. The topological polar surface area (TPSA) is 50.0 Å². The van der Waals surface area contributed by atoms with Crippen LogP contribution in [0.25, 0.3) is 10.6 Å². The number of carbonyl (C=O) groups excluding carboxylic acids is 1. The van der Waals surface area contributed by atoms with E-state index in [0.29, 0.717) is 12.3 Å². The molecule has 2 aromatic heterocycles. The van der Waals surface area contributed by atoms with Crippen LogP contribution < -0.4 is 9.70 Å². The highest BCUT2D eigenvalue weighted by atomic mass is 32.1. The summed E-state index contributed by atoms with van der Waals surface area (Å²) < 4.78 is 1.82. The molecule has 0 spiro atoms. The highest BCUT2D eigenvalue weighted by molar-refractivity contribution is 7.14. The fourth-order valence-corrected chi connectivity index (χ4v) is 4.83. The quantitative estimate of drug-likeness (QED) is 0.652. The third kappa shape index (κ3) is 3.17. The Balaban J connectivity index is 1.94. The zero-order valence-electron chi connectivity index (χ0n) is 15.4. The number of anilines is 1. The second-order valence-corrected chi connectivity index (χ2v) is 8.21. The van der Waals surface area contributed by atoms with Crippen molar-refractivity contribution in [1.82, 2.24) is 4.68 Å². The Morgan fingerprint density at radius 1 is 1.11 bits per heavy atom. The number of benzene rings is 1. The molecule has 5 nitrogen and oxygen atoms in total. The molecule has 0 aliphatic carbocycles. The lowest BCUT2D eigenvalue weighted by Gasteiger charge is -2.12. The number of para-hydroxylation sites is 1. The van der Waals surface area contributed by atoms with Crippen LogP contribution in [0.5, 0.6) is 0 Å². The summed E-state index contributed by atoms with van der Waals surface area (Å²) in [5.41, 5.74) is 3.21. The standard InChI is InChI=1S/C20H20N4OS2/c1-4-23-15-9-6-5-8-14(15)18(19(23)25)22-24-16(17-10-7-11-26-17)12-27-20(24)21-13(2)3/h5-13H,4H2,1-3H3. The van der Waals surface area contributed by atoms with Crippen LogP contribution in [0.2, 0.25) is 0 Å². The largest absolute Gasteiger partial charge is 0.307 e. The number of hydrogen-bond donors (Lipinski definition) is 0. The highest BCUT2D eigenvalue weighted by Crippen LogP contribution is 2.30. The molecule has 7 heteroatoms. The van der Waals surface area contributed by atoms with Gasteiger partial charge in [-0.1, -0.05) is 24.3 Å². The Morgan fingerprint density at radius 2 is 1.93 bits per heavy atom. The average Bonchev–Trinajstić information content (AvgIpc) is 3.35. The Hall–Kier alpha value is -2.51. The monoisotopic (exact) mass is 396 g/mol. The van der Waals surface area contributed by atoms with Crippen molar-refractivity contribution >= 4 is 40.0 Å². The zero-order chi connectivity index (χ0) is 19.0. The molecule has 1 aliphatic heterocycles. The van der Waals surface area contributed by atoms with Gasteiger partial charge in [-0.3, -0.25) is 9.79 Å². The van der Waals surface area contributed by atoms with Gasteiger partial charge in [0.25, 0.3) is 5.91 Å². The van der Waals surface area contributed by atoms with Crippen molar-refractivity contribution in [3.63, 3.8) is 0 Å². The Morgan fingerprint density at radius 3 is 2.63 bits per heavy atom. The molecule has 1 aromatic carbocycles. The molecular formula is C20H20N4OS2. The van der Waals surface area contributed by atoms with Crippen LogP contribution in [0.15, 0.2) is 57.3 Å².